The molecule has 0 radical (unpaired) electrons. The van der Waals surface area contributed by atoms with Gasteiger partial charge in [0.25, 0.3) is 0 Å². The third-order valence-electron chi connectivity index (χ3n) is 1.28. The second kappa shape index (κ2) is 5.26. The summed E-state index contributed by atoms with van der Waals surface area (Å²) in [5.74, 6) is 4.70. The Kier molecular flexibility index (Phi) is 4.64. The molecule has 0 heterocycles. The third kappa shape index (κ3) is 2.67. The Morgan fingerprint density at radius 1 is 1.50 bits per heavy atom. The van der Waals surface area contributed by atoms with Crippen LogP contribution in [-0.2, 0) is 4.79 Å². The Bertz CT molecular complexity index is 253. The summed E-state index contributed by atoms with van der Waals surface area (Å²) in [5, 5.41) is 0. The van der Waals surface area contributed by atoms with Crippen LogP contribution < -0.4 is 11.3 Å². The molecule has 12 heavy (non-hydrogen) atoms. The molecule has 0 atom stereocenters. The topological polar surface area (TPSA) is 55.1 Å². The minimum Gasteiger partial charge on any atom is -0.321 e. The largest absolute Gasteiger partial charge is 0.321 e. The molecular weight excluding hydrogens is 159 g/mol. The van der Waals surface area contributed by atoms with Crippen molar-refractivity contribution in [2.45, 2.75) is 6.92 Å². The minimum atomic E-state index is -0.326. The molecule has 0 saturated heterocycles. The lowest BCUT2D eigenvalue weighted by Gasteiger charge is -2.01. The number of hydrazine groups is 1. The highest BCUT2D eigenvalue weighted by molar-refractivity contribution is 5.45. The van der Waals surface area contributed by atoms with E-state index in [1.165, 1.54) is 6.07 Å². The number of nitrogen functional groups attached to an aromatic ring is 1. The highest BCUT2D eigenvalue weighted by Crippen LogP contribution is 2.13. The number of rotatable bonds is 1. The van der Waals surface area contributed by atoms with E-state index >= 15 is 0 Å². The van der Waals surface area contributed by atoms with Crippen LogP contribution in [0.3, 0.4) is 0 Å². The highest BCUT2D eigenvalue weighted by Gasteiger charge is 1.97. The van der Waals surface area contributed by atoms with Crippen molar-refractivity contribution in [1.29, 1.82) is 0 Å². The Morgan fingerprint density at radius 2 is 2.08 bits per heavy atom. The SMILES string of the molecule is C=O.Cc1ccc(F)c(NN)c1. The van der Waals surface area contributed by atoms with Crippen molar-refractivity contribution in [1.82, 2.24) is 0 Å². The van der Waals surface area contributed by atoms with E-state index in [9.17, 15) is 4.39 Å². The molecule has 0 aromatic heterocycles. The standard InChI is InChI=1S/C7H9FN2.CH2O/c1-5-2-3-6(8)7(4-5)10-9;1-2/h2-4,10H,9H2,1H3;1H2. The van der Waals surface area contributed by atoms with Crippen LogP contribution in [0.1, 0.15) is 5.56 Å². The normalized spacial score (nSPS) is 8.25. The molecule has 0 amide bonds. The fourth-order valence-corrected chi connectivity index (χ4v) is 0.750. The molecule has 1 aromatic carbocycles. The van der Waals surface area contributed by atoms with Gasteiger partial charge in [-0.15, -0.1) is 0 Å². The quantitative estimate of drug-likeness (QED) is 0.492. The van der Waals surface area contributed by atoms with Crippen LogP contribution in [0.4, 0.5) is 10.1 Å². The Labute approximate surface area is 70.4 Å². The number of halogens is 1. The number of benzene rings is 1. The number of carbonyl (C=O) groups excluding carboxylic acids is 1. The van der Waals surface area contributed by atoms with E-state index in [1.54, 1.807) is 12.1 Å². The zero-order valence-electron chi connectivity index (χ0n) is 6.80. The van der Waals surface area contributed by atoms with Gasteiger partial charge < -0.3 is 10.2 Å². The molecule has 4 heteroatoms. The molecule has 0 fully saturated rings. The van der Waals surface area contributed by atoms with Crippen molar-refractivity contribution in [3.63, 3.8) is 0 Å². The molecule has 1 rings (SSSR count). The first-order valence-corrected chi connectivity index (χ1v) is 3.25. The number of aryl methyl sites for hydroxylation is 1. The fourth-order valence-electron chi connectivity index (χ4n) is 0.750. The number of carbonyl (C=O) groups is 1. The van der Waals surface area contributed by atoms with Crippen molar-refractivity contribution < 1.29 is 9.18 Å². The molecule has 0 aliphatic carbocycles. The molecular formula is C8H11FN2O. The molecule has 0 aliphatic rings. The van der Waals surface area contributed by atoms with Gasteiger partial charge in [0.05, 0.1) is 5.69 Å². The monoisotopic (exact) mass is 170 g/mol. The van der Waals surface area contributed by atoms with Crippen molar-refractivity contribution in [2.75, 3.05) is 5.43 Å². The van der Waals surface area contributed by atoms with Crippen molar-refractivity contribution in [3.8, 4) is 0 Å². The Hall–Kier alpha value is -1.42. The molecule has 0 unspecified atom stereocenters. The minimum absolute atomic E-state index is 0.326. The van der Waals surface area contributed by atoms with Crippen LogP contribution in [0.25, 0.3) is 0 Å². The predicted molar refractivity (Wildman–Crippen MR) is 46.1 cm³/mol. The van der Waals surface area contributed by atoms with Gasteiger partial charge >= 0.3 is 0 Å². The van der Waals surface area contributed by atoms with Gasteiger partial charge in [-0.3, -0.25) is 5.84 Å². The van der Waals surface area contributed by atoms with Crippen LogP contribution in [-0.4, -0.2) is 6.79 Å². The maximum Gasteiger partial charge on any atom is 0.147 e. The van der Waals surface area contributed by atoms with Gasteiger partial charge in [-0.1, -0.05) is 6.07 Å². The van der Waals surface area contributed by atoms with Gasteiger partial charge in [-0.05, 0) is 24.6 Å². The molecule has 3 nitrogen and oxygen atoms in total. The van der Waals surface area contributed by atoms with Crippen LogP contribution in [0.5, 0.6) is 0 Å². The van der Waals surface area contributed by atoms with Crippen LogP contribution >= 0.6 is 0 Å². The van der Waals surface area contributed by atoms with Gasteiger partial charge in [0.1, 0.15) is 12.6 Å². The summed E-state index contributed by atoms with van der Waals surface area (Å²) in [6.45, 7) is 3.88. The van der Waals surface area contributed by atoms with Gasteiger partial charge in [0, 0.05) is 0 Å². The maximum atomic E-state index is 12.6. The van der Waals surface area contributed by atoms with Crippen molar-refractivity contribution in [3.05, 3.63) is 29.6 Å². The van der Waals surface area contributed by atoms with Crippen LogP contribution in [0.15, 0.2) is 18.2 Å². The third-order valence-corrected chi connectivity index (χ3v) is 1.28. The fraction of sp³-hybridized carbons (Fsp3) is 0.125. The summed E-state index contributed by atoms with van der Waals surface area (Å²) < 4.78 is 12.6. The number of nitrogens with one attached hydrogen (secondary N) is 1. The lowest BCUT2D eigenvalue weighted by atomic mass is 10.2. The molecule has 0 bridgehead atoms. The summed E-state index contributed by atoms with van der Waals surface area (Å²) in [7, 11) is 0. The summed E-state index contributed by atoms with van der Waals surface area (Å²) in [6, 6.07) is 4.72. The highest BCUT2D eigenvalue weighted by atomic mass is 19.1. The molecule has 3 N–H and O–H groups in total. The number of hydrogen-bond acceptors (Lipinski definition) is 3. The van der Waals surface area contributed by atoms with Crippen LogP contribution in [0, 0.1) is 12.7 Å². The number of hydrogen-bond donors (Lipinski definition) is 2. The number of nitrogens with two attached hydrogens (primary N) is 1. The van der Waals surface area contributed by atoms with E-state index in [2.05, 4.69) is 5.43 Å². The van der Waals surface area contributed by atoms with Crippen molar-refractivity contribution >= 4 is 12.5 Å². The van der Waals surface area contributed by atoms with E-state index < -0.39 is 0 Å². The zero-order valence-corrected chi connectivity index (χ0v) is 6.80. The second-order valence-electron chi connectivity index (χ2n) is 2.13. The Morgan fingerprint density at radius 3 is 2.50 bits per heavy atom. The molecule has 66 valence electrons. The number of anilines is 1. The molecule has 0 spiro atoms. The van der Waals surface area contributed by atoms with E-state index in [0.717, 1.165) is 5.56 Å². The first-order valence-electron chi connectivity index (χ1n) is 3.25. The van der Waals surface area contributed by atoms with Crippen LogP contribution in [0.2, 0.25) is 0 Å². The van der Waals surface area contributed by atoms with Crippen molar-refractivity contribution in [2.24, 2.45) is 5.84 Å². The summed E-state index contributed by atoms with van der Waals surface area (Å²) >= 11 is 0. The van der Waals surface area contributed by atoms with Gasteiger partial charge in [-0.25, -0.2) is 4.39 Å². The molecule has 0 saturated carbocycles. The maximum absolute atomic E-state index is 12.6. The lowest BCUT2D eigenvalue weighted by molar-refractivity contribution is -0.0979. The summed E-state index contributed by atoms with van der Waals surface area (Å²) in [4.78, 5) is 8.00. The summed E-state index contributed by atoms with van der Waals surface area (Å²) in [5.41, 5.74) is 3.58. The van der Waals surface area contributed by atoms with Gasteiger partial charge in [0.2, 0.25) is 0 Å². The second-order valence-corrected chi connectivity index (χ2v) is 2.13. The van der Waals surface area contributed by atoms with E-state index in [1.807, 2.05) is 13.7 Å². The molecule has 0 aliphatic heterocycles. The van der Waals surface area contributed by atoms with Gasteiger partial charge in [0.15, 0.2) is 0 Å². The van der Waals surface area contributed by atoms with E-state index in [0.29, 0.717) is 5.69 Å². The van der Waals surface area contributed by atoms with E-state index in [4.69, 9.17) is 10.6 Å². The van der Waals surface area contributed by atoms with E-state index in [-0.39, 0.29) is 5.82 Å². The Balaban J connectivity index is 0.000000561. The first kappa shape index (κ1) is 10.6. The summed E-state index contributed by atoms with van der Waals surface area (Å²) in [6.07, 6.45) is 0. The average Bonchev–Trinajstić information content (AvgIpc) is 2.13. The van der Waals surface area contributed by atoms with Gasteiger partial charge in [-0.2, -0.15) is 0 Å². The zero-order chi connectivity index (χ0) is 9.56. The first-order chi connectivity index (χ1) is 5.74. The molecule has 1 aromatic rings. The lowest BCUT2D eigenvalue weighted by Crippen LogP contribution is -2.08. The average molecular weight is 170 g/mol. The predicted octanol–water partition coefficient (Wildman–Crippen LogP) is 1.23. The smallest absolute Gasteiger partial charge is 0.147 e.